The van der Waals surface area contributed by atoms with Crippen molar-refractivity contribution in [3.8, 4) is 0 Å². The number of carbonyl (C=O) groups is 1. The summed E-state index contributed by atoms with van der Waals surface area (Å²) in [5.74, 6) is 0. The third-order valence-corrected chi connectivity index (χ3v) is 5.35. The van der Waals surface area contributed by atoms with Gasteiger partial charge >= 0.3 is 6.03 Å². The van der Waals surface area contributed by atoms with Crippen LogP contribution in [0.25, 0.3) is 0 Å². The minimum atomic E-state index is 0.398. The van der Waals surface area contributed by atoms with Crippen LogP contribution in [-0.2, 0) is 0 Å². The van der Waals surface area contributed by atoms with Gasteiger partial charge in [0.25, 0.3) is 0 Å². The van der Waals surface area contributed by atoms with Crippen molar-refractivity contribution in [1.82, 2.24) is 9.80 Å². The van der Waals surface area contributed by atoms with Gasteiger partial charge in [-0.1, -0.05) is 0 Å². The van der Waals surface area contributed by atoms with Gasteiger partial charge in [0.2, 0.25) is 0 Å². The number of hydrogen-bond donors (Lipinski definition) is 0. The maximum Gasteiger partial charge on any atom is 0.321 e. The summed E-state index contributed by atoms with van der Waals surface area (Å²) < 4.78 is 0. The average molecular weight is 220 g/mol. The van der Waals surface area contributed by atoms with Crippen LogP contribution in [0, 0.1) is 0 Å². The monoisotopic (exact) mass is 220 g/mol. The van der Waals surface area contributed by atoms with Gasteiger partial charge in [-0.2, -0.15) is 0 Å². The van der Waals surface area contributed by atoms with Gasteiger partial charge in [0, 0.05) is 24.2 Å². The largest absolute Gasteiger partial charge is 0.321 e. The number of hydrogen-bond acceptors (Lipinski definition) is 1. The van der Waals surface area contributed by atoms with Crippen molar-refractivity contribution in [2.24, 2.45) is 0 Å². The van der Waals surface area contributed by atoms with Crippen molar-refractivity contribution in [3.05, 3.63) is 0 Å². The summed E-state index contributed by atoms with van der Waals surface area (Å²) in [6.07, 6.45) is 10.1. The van der Waals surface area contributed by atoms with Crippen LogP contribution in [0.5, 0.6) is 0 Å². The van der Waals surface area contributed by atoms with Crippen LogP contribution >= 0.6 is 0 Å². The van der Waals surface area contributed by atoms with Gasteiger partial charge in [-0.25, -0.2) is 4.79 Å². The summed E-state index contributed by atoms with van der Waals surface area (Å²) in [5, 5.41) is 0. The lowest BCUT2D eigenvalue weighted by Gasteiger charge is -2.31. The molecule has 88 valence electrons. The van der Waals surface area contributed by atoms with Gasteiger partial charge in [-0.15, -0.1) is 0 Å². The van der Waals surface area contributed by atoms with Gasteiger partial charge in [-0.3, -0.25) is 0 Å². The first-order valence-electron chi connectivity index (χ1n) is 6.95. The van der Waals surface area contributed by atoms with E-state index < -0.39 is 0 Å². The third kappa shape index (κ3) is 1.07. The van der Waals surface area contributed by atoms with E-state index >= 15 is 0 Å². The summed E-state index contributed by atoms with van der Waals surface area (Å²) in [5.41, 5.74) is 0. The number of urea groups is 1. The summed E-state index contributed by atoms with van der Waals surface area (Å²) in [6, 6.07) is 2.78. The lowest BCUT2D eigenvalue weighted by atomic mass is 10.0. The van der Waals surface area contributed by atoms with Crippen molar-refractivity contribution >= 4 is 6.03 Å². The zero-order valence-corrected chi connectivity index (χ0v) is 9.77. The van der Waals surface area contributed by atoms with E-state index in [2.05, 4.69) is 9.80 Å². The molecule has 0 aromatic heterocycles. The quantitative estimate of drug-likeness (QED) is 0.614. The van der Waals surface area contributed by atoms with Crippen molar-refractivity contribution < 1.29 is 4.79 Å². The van der Waals surface area contributed by atoms with Gasteiger partial charge < -0.3 is 9.80 Å². The molecule has 0 aromatic carbocycles. The Bertz CT molecular complexity index is 260. The maximum atomic E-state index is 12.6. The Kier molecular flexibility index (Phi) is 1.83. The smallest absolute Gasteiger partial charge is 0.319 e. The zero-order chi connectivity index (χ0) is 10.7. The Hall–Kier alpha value is -0.730. The van der Waals surface area contributed by atoms with Gasteiger partial charge in [-0.05, 0) is 51.4 Å². The van der Waals surface area contributed by atoms with E-state index in [0.29, 0.717) is 30.2 Å². The summed E-state index contributed by atoms with van der Waals surface area (Å²) in [7, 11) is 0. The lowest BCUT2D eigenvalue weighted by Crippen LogP contribution is -2.47. The second-order valence-corrected chi connectivity index (χ2v) is 6.02. The predicted molar refractivity (Wildman–Crippen MR) is 61.2 cm³/mol. The zero-order valence-electron chi connectivity index (χ0n) is 9.77. The molecule has 4 aliphatic heterocycles. The van der Waals surface area contributed by atoms with Crippen molar-refractivity contribution in [2.75, 3.05) is 0 Å². The molecule has 16 heavy (non-hydrogen) atoms. The molecule has 0 saturated carbocycles. The number of carbonyl (C=O) groups excluding carboxylic acids is 1. The van der Waals surface area contributed by atoms with E-state index in [4.69, 9.17) is 0 Å². The summed E-state index contributed by atoms with van der Waals surface area (Å²) >= 11 is 0. The Morgan fingerprint density at radius 2 is 0.875 bits per heavy atom. The fourth-order valence-corrected chi connectivity index (χ4v) is 4.58. The topological polar surface area (TPSA) is 23.6 Å². The van der Waals surface area contributed by atoms with Gasteiger partial charge in [0.15, 0.2) is 0 Å². The molecule has 4 saturated heterocycles. The van der Waals surface area contributed by atoms with Crippen molar-refractivity contribution in [2.45, 2.75) is 75.5 Å². The van der Waals surface area contributed by atoms with E-state index in [1.807, 2.05) is 0 Å². The molecule has 4 bridgehead atoms. The van der Waals surface area contributed by atoms with E-state index in [-0.39, 0.29) is 0 Å². The second-order valence-electron chi connectivity index (χ2n) is 6.02. The van der Waals surface area contributed by atoms with E-state index in [1.165, 1.54) is 51.4 Å². The SMILES string of the molecule is O=C(N1C2CCC1CC2)N1C2CCC1CC2. The Morgan fingerprint density at radius 1 is 0.625 bits per heavy atom. The molecule has 0 aliphatic carbocycles. The first kappa shape index (κ1) is 9.32. The average Bonchev–Trinajstić information content (AvgIpc) is 3.08. The Balaban J connectivity index is 1.58. The molecule has 4 aliphatic rings. The van der Waals surface area contributed by atoms with Gasteiger partial charge in [0.1, 0.15) is 0 Å². The van der Waals surface area contributed by atoms with Crippen LogP contribution in [0.2, 0.25) is 0 Å². The first-order valence-corrected chi connectivity index (χ1v) is 6.95. The van der Waals surface area contributed by atoms with E-state index in [1.54, 1.807) is 0 Å². The van der Waals surface area contributed by atoms with Crippen LogP contribution in [0.4, 0.5) is 4.79 Å². The predicted octanol–water partition coefficient (Wildman–Crippen LogP) is 2.36. The van der Waals surface area contributed by atoms with E-state index in [9.17, 15) is 4.79 Å². The normalized spacial score (nSPS) is 44.8. The molecule has 2 amide bonds. The lowest BCUT2D eigenvalue weighted by molar-refractivity contribution is 0.141. The van der Waals surface area contributed by atoms with Gasteiger partial charge in [0.05, 0.1) is 0 Å². The van der Waals surface area contributed by atoms with Crippen molar-refractivity contribution in [1.29, 1.82) is 0 Å². The summed E-state index contributed by atoms with van der Waals surface area (Å²) in [6.45, 7) is 0. The molecule has 0 aromatic rings. The van der Waals surface area contributed by atoms with Crippen LogP contribution < -0.4 is 0 Å². The molecule has 4 fully saturated rings. The molecular weight excluding hydrogens is 200 g/mol. The fraction of sp³-hybridized carbons (Fsp3) is 0.923. The molecular formula is C13H20N2O. The molecule has 3 heteroatoms. The fourth-order valence-electron chi connectivity index (χ4n) is 4.58. The number of amides is 2. The van der Waals surface area contributed by atoms with Crippen LogP contribution in [-0.4, -0.2) is 40.0 Å². The summed E-state index contributed by atoms with van der Waals surface area (Å²) in [4.78, 5) is 17.1. The van der Waals surface area contributed by atoms with Crippen molar-refractivity contribution in [3.63, 3.8) is 0 Å². The molecule has 4 rings (SSSR count). The molecule has 0 N–H and O–H groups in total. The Labute approximate surface area is 96.8 Å². The maximum absolute atomic E-state index is 12.6. The minimum absolute atomic E-state index is 0.398. The highest BCUT2D eigenvalue weighted by atomic mass is 16.2. The number of nitrogens with zero attached hydrogens (tertiary/aromatic N) is 2. The van der Waals surface area contributed by atoms with Crippen LogP contribution in [0.15, 0.2) is 0 Å². The molecule has 3 nitrogen and oxygen atoms in total. The van der Waals surface area contributed by atoms with E-state index in [0.717, 1.165) is 0 Å². The van der Waals surface area contributed by atoms with Crippen LogP contribution in [0.1, 0.15) is 51.4 Å². The molecule has 0 atom stereocenters. The standard InChI is InChI=1S/C13H20N2O/c16-13(14-9-1-2-10(14)4-3-9)15-11-5-6-12(15)8-7-11/h9-12H,1-8H2. The highest BCUT2D eigenvalue weighted by Gasteiger charge is 2.49. The second kappa shape index (κ2) is 3.14. The first-order chi connectivity index (χ1) is 7.84. The third-order valence-electron chi connectivity index (χ3n) is 5.35. The number of rotatable bonds is 0. The van der Waals surface area contributed by atoms with Crippen LogP contribution in [0.3, 0.4) is 0 Å². The highest BCUT2D eigenvalue weighted by Crippen LogP contribution is 2.43. The molecule has 0 radical (unpaired) electrons. The molecule has 0 spiro atoms. The highest BCUT2D eigenvalue weighted by molar-refractivity contribution is 5.77. The Morgan fingerprint density at radius 3 is 1.12 bits per heavy atom. The molecule has 0 unspecified atom stereocenters. The number of fused-ring (bicyclic) bond motifs is 4. The minimum Gasteiger partial charge on any atom is -0.319 e. The molecule has 4 heterocycles.